The smallest absolute Gasteiger partial charge is 0.182 e. The number of nitrogens with zero attached hydrogens (tertiary/aromatic N) is 6. The molecule has 8 aromatic carbocycles. The summed E-state index contributed by atoms with van der Waals surface area (Å²) >= 11 is 0. The van der Waals surface area contributed by atoms with E-state index in [0.717, 1.165) is 50.2 Å². The predicted octanol–water partition coefficient (Wildman–Crippen LogP) is 13.8. The van der Waals surface area contributed by atoms with Crippen LogP contribution in [0.5, 0.6) is 0 Å². The van der Waals surface area contributed by atoms with Gasteiger partial charge in [0.1, 0.15) is 5.69 Å². The maximum Gasteiger partial charge on any atom is 0.182 e. The topological polar surface area (TPSA) is 61.4 Å². The van der Waals surface area contributed by atoms with Gasteiger partial charge in [0.25, 0.3) is 0 Å². The summed E-state index contributed by atoms with van der Waals surface area (Å²) < 4.78 is 4.77. The summed E-state index contributed by atoms with van der Waals surface area (Å²) in [6, 6.07) is 74.9. The molecular weight excluding hydrogens is 757 g/mol. The molecule has 0 atom stereocenters. The SMILES string of the molecule is c1ccc(-c2nc(-c3cccc(-c4ccc5c(c4)c4ccccc4n5-c4cccc(-c5ccc6c7ccccc7n(-c7ccccc7)c6c5)c4)c3)nc(-c3ccccn3)n2)cc1. The van der Waals surface area contributed by atoms with E-state index in [1.165, 1.54) is 38.1 Å². The minimum atomic E-state index is 0.536. The highest BCUT2D eigenvalue weighted by Crippen LogP contribution is 2.38. The third-order valence-electron chi connectivity index (χ3n) is 11.8. The highest BCUT2D eigenvalue weighted by molar-refractivity contribution is 6.11. The number of fused-ring (bicyclic) bond motifs is 6. The first-order chi connectivity index (χ1) is 30.7. The van der Waals surface area contributed by atoms with Crippen molar-refractivity contribution >= 4 is 43.6 Å². The van der Waals surface area contributed by atoms with Gasteiger partial charge in [0.2, 0.25) is 0 Å². The molecule has 12 rings (SSSR count). The van der Waals surface area contributed by atoms with Crippen molar-refractivity contribution < 1.29 is 0 Å². The standard InChI is InChI=1S/C56H36N6/c1-3-15-37(16-4-1)54-58-55(60-56(59-54)49-25-11-12-32-57-49)42-19-13-17-38(33-42)40-29-31-52-48(35-40)46-24-8-10-27-51(46)62(52)44-22-14-18-39(34-44)41-28-30-47-45-23-7-9-26-50(45)61(53(47)36-41)43-20-5-2-6-21-43/h1-36H. The van der Waals surface area contributed by atoms with Crippen LogP contribution in [0.4, 0.5) is 0 Å². The van der Waals surface area contributed by atoms with Crippen LogP contribution < -0.4 is 0 Å². The van der Waals surface area contributed by atoms with Gasteiger partial charge in [-0.15, -0.1) is 0 Å². The monoisotopic (exact) mass is 792 g/mol. The average Bonchev–Trinajstić information content (AvgIpc) is 3.87. The molecule has 0 saturated carbocycles. The summed E-state index contributed by atoms with van der Waals surface area (Å²) in [5.74, 6) is 1.74. The summed E-state index contributed by atoms with van der Waals surface area (Å²) in [5, 5.41) is 4.88. The minimum Gasteiger partial charge on any atom is -0.309 e. The number of benzene rings is 8. The minimum absolute atomic E-state index is 0.536. The Balaban J connectivity index is 0.953. The van der Waals surface area contributed by atoms with Gasteiger partial charge in [-0.2, -0.15) is 0 Å². The molecule has 290 valence electrons. The molecular formula is C56H36N6. The van der Waals surface area contributed by atoms with Gasteiger partial charge in [-0.1, -0.05) is 140 Å². The Labute approximate surface area is 357 Å². The van der Waals surface area contributed by atoms with Gasteiger partial charge in [-0.25, -0.2) is 15.0 Å². The molecule has 0 fully saturated rings. The maximum absolute atomic E-state index is 4.98. The molecule has 0 aliphatic rings. The van der Waals surface area contributed by atoms with Gasteiger partial charge < -0.3 is 9.13 Å². The van der Waals surface area contributed by atoms with E-state index in [2.05, 4.69) is 178 Å². The maximum atomic E-state index is 4.98. The van der Waals surface area contributed by atoms with E-state index >= 15 is 0 Å². The zero-order valence-corrected chi connectivity index (χ0v) is 33.5. The van der Waals surface area contributed by atoms with Crippen LogP contribution in [0.15, 0.2) is 219 Å². The first-order valence-corrected chi connectivity index (χ1v) is 20.8. The molecule has 4 heterocycles. The van der Waals surface area contributed by atoms with E-state index in [9.17, 15) is 0 Å². The Hall–Kier alpha value is -8.48. The molecule has 0 spiro atoms. The largest absolute Gasteiger partial charge is 0.309 e. The van der Waals surface area contributed by atoms with Crippen LogP contribution in [0, 0.1) is 0 Å². The Morgan fingerprint density at radius 2 is 0.790 bits per heavy atom. The first kappa shape index (κ1) is 35.5. The molecule has 0 saturated heterocycles. The van der Waals surface area contributed by atoms with E-state index < -0.39 is 0 Å². The molecule has 0 aliphatic heterocycles. The Morgan fingerprint density at radius 1 is 0.274 bits per heavy atom. The predicted molar refractivity (Wildman–Crippen MR) is 253 cm³/mol. The Bertz CT molecular complexity index is 3570. The van der Waals surface area contributed by atoms with Crippen LogP contribution in [0.1, 0.15) is 0 Å². The van der Waals surface area contributed by atoms with Crippen molar-refractivity contribution in [1.29, 1.82) is 0 Å². The van der Waals surface area contributed by atoms with Crippen LogP contribution in [0.3, 0.4) is 0 Å². The summed E-state index contributed by atoms with van der Waals surface area (Å²) in [4.78, 5) is 19.3. The van der Waals surface area contributed by atoms with Crippen molar-refractivity contribution in [3.05, 3.63) is 219 Å². The van der Waals surface area contributed by atoms with Gasteiger partial charge in [-0.05, 0) is 95.1 Å². The molecule has 12 aromatic rings. The van der Waals surface area contributed by atoms with Gasteiger partial charge >= 0.3 is 0 Å². The first-order valence-electron chi connectivity index (χ1n) is 20.8. The van der Waals surface area contributed by atoms with E-state index in [-0.39, 0.29) is 0 Å². The van der Waals surface area contributed by atoms with Crippen molar-refractivity contribution in [3.63, 3.8) is 0 Å². The van der Waals surface area contributed by atoms with Crippen LogP contribution in [0.2, 0.25) is 0 Å². The lowest BCUT2D eigenvalue weighted by Crippen LogP contribution is -2.01. The molecule has 6 nitrogen and oxygen atoms in total. The lowest BCUT2D eigenvalue weighted by Gasteiger charge is -2.12. The fourth-order valence-corrected chi connectivity index (χ4v) is 8.93. The van der Waals surface area contributed by atoms with Crippen LogP contribution in [-0.2, 0) is 0 Å². The van der Waals surface area contributed by atoms with Gasteiger partial charge in [-0.3, -0.25) is 4.98 Å². The zero-order chi connectivity index (χ0) is 41.0. The van der Waals surface area contributed by atoms with Gasteiger partial charge in [0.05, 0.1) is 22.1 Å². The van der Waals surface area contributed by atoms with Crippen LogP contribution in [-0.4, -0.2) is 29.1 Å². The van der Waals surface area contributed by atoms with Crippen molar-refractivity contribution in [2.75, 3.05) is 0 Å². The fourth-order valence-electron chi connectivity index (χ4n) is 8.93. The third kappa shape index (κ3) is 6.04. The summed E-state index contributed by atoms with van der Waals surface area (Å²) in [6.45, 7) is 0. The number of pyridine rings is 1. The van der Waals surface area contributed by atoms with Crippen molar-refractivity contribution in [3.8, 4) is 67.9 Å². The van der Waals surface area contributed by atoms with Crippen molar-refractivity contribution in [2.24, 2.45) is 0 Å². The Kier molecular flexibility index (Phi) is 8.38. The number of hydrogen-bond donors (Lipinski definition) is 0. The van der Waals surface area contributed by atoms with Gasteiger partial charge in [0, 0.05) is 50.2 Å². The number of hydrogen-bond acceptors (Lipinski definition) is 4. The molecule has 0 bridgehead atoms. The second-order valence-corrected chi connectivity index (χ2v) is 15.5. The highest BCUT2D eigenvalue weighted by Gasteiger charge is 2.18. The van der Waals surface area contributed by atoms with Crippen LogP contribution in [0.25, 0.3) is 112 Å². The summed E-state index contributed by atoms with van der Waals surface area (Å²) in [7, 11) is 0. The molecule has 62 heavy (non-hydrogen) atoms. The average molecular weight is 793 g/mol. The summed E-state index contributed by atoms with van der Waals surface area (Å²) in [5.41, 5.74) is 14.0. The fraction of sp³-hybridized carbons (Fsp3) is 0. The molecule has 0 N–H and O–H groups in total. The van der Waals surface area contributed by atoms with E-state index in [0.29, 0.717) is 23.2 Å². The molecule has 6 heteroatoms. The lowest BCUT2D eigenvalue weighted by molar-refractivity contribution is 1.06. The van der Waals surface area contributed by atoms with E-state index in [1.807, 2.05) is 48.5 Å². The quantitative estimate of drug-likeness (QED) is 0.161. The lowest BCUT2D eigenvalue weighted by atomic mass is 10.0. The zero-order valence-electron chi connectivity index (χ0n) is 33.5. The number of aromatic nitrogens is 6. The van der Waals surface area contributed by atoms with Crippen LogP contribution >= 0.6 is 0 Å². The van der Waals surface area contributed by atoms with E-state index in [1.54, 1.807) is 6.20 Å². The van der Waals surface area contributed by atoms with Crippen molar-refractivity contribution in [2.45, 2.75) is 0 Å². The normalized spacial score (nSPS) is 11.5. The second-order valence-electron chi connectivity index (χ2n) is 15.5. The molecule has 0 radical (unpaired) electrons. The summed E-state index contributed by atoms with van der Waals surface area (Å²) in [6.07, 6.45) is 1.76. The molecule has 0 unspecified atom stereocenters. The molecule has 0 amide bonds. The molecule has 4 aromatic heterocycles. The Morgan fingerprint density at radius 3 is 1.56 bits per heavy atom. The highest BCUT2D eigenvalue weighted by atomic mass is 15.0. The number of para-hydroxylation sites is 3. The third-order valence-corrected chi connectivity index (χ3v) is 11.8. The van der Waals surface area contributed by atoms with Crippen molar-refractivity contribution in [1.82, 2.24) is 29.1 Å². The second kappa shape index (κ2) is 14.7. The molecule has 0 aliphatic carbocycles. The number of rotatable bonds is 7. The van der Waals surface area contributed by atoms with E-state index in [4.69, 9.17) is 15.0 Å². The van der Waals surface area contributed by atoms with Gasteiger partial charge in [0.15, 0.2) is 17.5 Å².